The first-order valence-electron chi connectivity index (χ1n) is 5.94. The molecule has 8 heteroatoms. The van der Waals surface area contributed by atoms with Crippen LogP contribution in [0, 0.1) is 0 Å². The highest BCUT2D eigenvalue weighted by Crippen LogP contribution is 2.18. The van der Waals surface area contributed by atoms with Crippen molar-refractivity contribution in [3.63, 3.8) is 0 Å². The van der Waals surface area contributed by atoms with Crippen molar-refractivity contribution in [3.05, 3.63) is 24.4 Å². The zero-order valence-corrected chi connectivity index (χ0v) is 11.0. The van der Waals surface area contributed by atoms with E-state index in [1.54, 1.807) is 18.3 Å². The second kappa shape index (κ2) is 4.80. The zero-order valence-electron chi connectivity index (χ0n) is 10.2. The summed E-state index contributed by atoms with van der Waals surface area (Å²) in [4.78, 5) is 0. The maximum absolute atomic E-state index is 12.2. The van der Waals surface area contributed by atoms with Crippen molar-refractivity contribution in [1.82, 2.24) is 14.5 Å². The van der Waals surface area contributed by atoms with Gasteiger partial charge in [0.1, 0.15) is 0 Å². The van der Waals surface area contributed by atoms with Crippen LogP contribution in [0.15, 0.2) is 24.4 Å². The molecule has 2 aromatic rings. The third-order valence-corrected chi connectivity index (χ3v) is 4.54. The number of morpholine rings is 1. The Hall–Kier alpha value is -1.64. The number of aromatic amines is 1. The molecule has 1 fully saturated rings. The minimum absolute atomic E-state index is 0.377. The van der Waals surface area contributed by atoms with Crippen molar-refractivity contribution in [2.45, 2.75) is 0 Å². The molecule has 1 aromatic heterocycles. The third kappa shape index (κ3) is 2.55. The molecule has 2 heterocycles. The summed E-state index contributed by atoms with van der Waals surface area (Å²) in [6.07, 6.45) is 1.69. The van der Waals surface area contributed by atoms with E-state index in [9.17, 15) is 8.42 Å². The summed E-state index contributed by atoms with van der Waals surface area (Å²) in [6, 6.07) is 5.26. The quantitative estimate of drug-likeness (QED) is 0.860. The van der Waals surface area contributed by atoms with Gasteiger partial charge in [-0.15, -0.1) is 0 Å². The third-order valence-electron chi connectivity index (χ3n) is 3.00. The number of H-pyrrole nitrogens is 1. The molecule has 0 unspecified atom stereocenters. The molecular weight excluding hydrogens is 268 g/mol. The van der Waals surface area contributed by atoms with Gasteiger partial charge >= 0.3 is 10.2 Å². The van der Waals surface area contributed by atoms with Gasteiger partial charge in [-0.25, -0.2) is 0 Å². The summed E-state index contributed by atoms with van der Waals surface area (Å²) < 4.78 is 33.4. The van der Waals surface area contributed by atoms with Gasteiger partial charge in [-0.3, -0.25) is 9.82 Å². The predicted octanol–water partition coefficient (Wildman–Crippen LogP) is 0.552. The van der Waals surface area contributed by atoms with E-state index in [4.69, 9.17) is 4.74 Å². The molecule has 1 aliphatic rings. The average molecular weight is 282 g/mol. The van der Waals surface area contributed by atoms with Crippen molar-refractivity contribution in [3.8, 4) is 0 Å². The van der Waals surface area contributed by atoms with E-state index in [0.29, 0.717) is 32.0 Å². The van der Waals surface area contributed by atoms with Gasteiger partial charge in [0.15, 0.2) is 0 Å². The topological polar surface area (TPSA) is 87.3 Å². The Morgan fingerprint density at radius 3 is 2.89 bits per heavy atom. The van der Waals surface area contributed by atoms with Crippen molar-refractivity contribution < 1.29 is 13.2 Å². The van der Waals surface area contributed by atoms with E-state index in [2.05, 4.69) is 14.9 Å². The van der Waals surface area contributed by atoms with Gasteiger partial charge in [0.25, 0.3) is 0 Å². The van der Waals surface area contributed by atoms with E-state index in [-0.39, 0.29) is 0 Å². The Kier molecular flexibility index (Phi) is 3.13. The van der Waals surface area contributed by atoms with Crippen LogP contribution in [0.2, 0.25) is 0 Å². The lowest BCUT2D eigenvalue weighted by molar-refractivity contribution is 0.0733. The number of hydrogen-bond acceptors (Lipinski definition) is 4. The Bertz CT molecular complexity index is 676. The molecule has 0 bridgehead atoms. The van der Waals surface area contributed by atoms with Crippen LogP contribution in [0.5, 0.6) is 0 Å². The highest BCUT2D eigenvalue weighted by atomic mass is 32.2. The minimum atomic E-state index is -3.52. The number of benzene rings is 1. The molecule has 1 aliphatic heterocycles. The molecule has 1 aromatic carbocycles. The van der Waals surface area contributed by atoms with Gasteiger partial charge in [0.05, 0.1) is 30.6 Å². The molecule has 3 rings (SSSR count). The minimum Gasteiger partial charge on any atom is -0.379 e. The molecule has 19 heavy (non-hydrogen) atoms. The molecule has 7 nitrogen and oxygen atoms in total. The van der Waals surface area contributed by atoms with Crippen LogP contribution in [0.3, 0.4) is 0 Å². The summed E-state index contributed by atoms with van der Waals surface area (Å²) in [5.74, 6) is 0. The maximum Gasteiger partial charge on any atom is 0.301 e. The Labute approximate surface area is 110 Å². The Morgan fingerprint density at radius 2 is 2.11 bits per heavy atom. The number of hydrogen-bond donors (Lipinski definition) is 2. The number of nitrogens with one attached hydrogen (secondary N) is 2. The normalized spacial score (nSPS) is 17.7. The first kappa shape index (κ1) is 12.4. The standard InChI is InChI=1S/C11H14N4O3S/c16-19(17,15-3-5-18-6-4-15)14-10-2-1-9-8-12-13-11(9)7-10/h1-2,7-8,14H,3-6H2,(H,12,13). The molecule has 2 N–H and O–H groups in total. The number of aromatic nitrogens is 2. The summed E-state index contributed by atoms with van der Waals surface area (Å²) in [5.41, 5.74) is 1.31. The summed E-state index contributed by atoms with van der Waals surface area (Å²) in [7, 11) is -3.52. The van der Waals surface area contributed by atoms with Crippen LogP contribution in [-0.4, -0.2) is 49.2 Å². The highest BCUT2D eigenvalue weighted by molar-refractivity contribution is 7.90. The van der Waals surface area contributed by atoms with E-state index >= 15 is 0 Å². The SMILES string of the molecule is O=S(=O)(Nc1ccc2cn[nH]c2c1)N1CCOCC1. The number of ether oxygens (including phenoxy) is 1. The van der Waals surface area contributed by atoms with Gasteiger partial charge in [0.2, 0.25) is 0 Å². The van der Waals surface area contributed by atoms with E-state index in [1.807, 2.05) is 6.07 Å². The summed E-state index contributed by atoms with van der Waals surface area (Å²) in [5, 5.41) is 7.65. The number of anilines is 1. The monoisotopic (exact) mass is 282 g/mol. The van der Waals surface area contributed by atoms with E-state index < -0.39 is 10.2 Å². The average Bonchev–Trinajstić information content (AvgIpc) is 2.87. The second-order valence-electron chi connectivity index (χ2n) is 4.29. The zero-order chi connectivity index (χ0) is 13.3. The molecule has 0 saturated carbocycles. The van der Waals surface area contributed by atoms with E-state index in [1.165, 1.54) is 4.31 Å². The molecular formula is C11H14N4O3S. The maximum atomic E-state index is 12.2. The van der Waals surface area contributed by atoms with Crippen LogP contribution in [0.4, 0.5) is 5.69 Å². The number of nitrogens with zero attached hydrogens (tertiary/aromatic N) is 2. The van der Waals surface area contributed by atoms with Crippen LogP contribution >= 0.6 is 0 Å². The fourth-order valence-corrected chi connectivity index (χ4v) is 3.18. The van der Waals surface area contributed by atoms with Crippen LogP contribution in [0.25, 0.3) is 10.9 Å². The molecule has 102 valence electrons. The second-order valence-corrected chi connectivity index (χ2v) is 5.96. The predicted molar refractivity (Wildman–Crippen MR) is 71.0 cm³/mol. The van der Waals surface area contributed by atoms with Crippen molar-refractivity contribution in [1.29, 1.82) is 0 Å². The van der Waals surface area contributed by atoms with Gasteiger partial charge in [0, 0.05) is 18.5 Å². The first-order valence-corrected chi connectivity index (χ1v) is 7.38. The smallest absolute Gasteiger partial charge is 0.301 e. The number of rotatable bonds is 3. The van der Waals surface area contributed by atoms with E-state index in [0.717, 1.165) is 10.9 Å². The van der Waals surface area contributed by atoms with Gasteiger partial charge in [-0.2, -0.15) is 17.8 Å². The molecule has 0 amide bonds. The summed E-state index contributed by atoms with van der Waals surface area (Å²) in [6.45, 7) is 1.62. The van der Waals surface area contributed by atoms with Crippen LogP contribution in [0.1, 0.15) is 0 Å². The fourth-order valence-electron chi connectivity index (χ4n) is 2.00. The highest BCUT2D eigenvalue weighted by Gasteiger charge is 2.24. The van der Waals surface area contributed by atoms with Crippen molar-refractivity contribution in [2.24, 2.45) is 0 Å². The Balaban J connectivity index is 1.82. The lowest BCUT2D eigenvalue weighted by Crippen LogP contribution is -2.43. The Morgan fingerprint density at radius 1 is 1.32 bits per heavy atom. The first-order chi connectivity index (χ1) is 9.15. The van der Waals surface area contributed by atoms with Crippen LogP contribution < -0.4 is 4.72 Å². The summed E-state index contributed by atoms with van der Waals surface area (Å²) >= 11 is 0. The van der Waals surface area contributed by atoms with Gasteiger partial charge < -0.3 is 4.74 Å². The lowest BCUT2D eigenvalue weighted by atomic mass is 10.2. The molecule has 0 aliphatic carbocycles. The van der Waals surface area contributed by atoms with Gasteiger partial charge in [-0.1, -0.05) is 0 Å². The largest absolute Gasteiger partial charge is 0.379 e. The molecule has 0 atom stereocenters. The van der Waals surface area contributed by atoms with Gasteiger partial charge in [-0.05, 0) is 18.2 Å². The van der Waals surface area contributed by atoms with Crippen molar-refractivity contribution >= 4 is 26.8 Å². The lowest BCUT2D eigenvalue weighted by Gasteiger charge is -2.26. The molecule has 0 spiro atoms. The number of fused-ring (bicyclic) bond motifs is 1. The molecule has 0 radical (unpaired) electrons. The molecule has 1 saturated heterocycles. The van der Waals surface area contributed by atoms with Crippen LogP contribution in [-0.2, 0) is 14.9 Å². The van der Waals surface area contributed by atoms with Crippen molar-refractivity contribution in [2.75, 3.05) is 31.0 Å². The fraction of sp³-hybridized carbons (Fsp3) is 0.364.